The van der Waals surface area contributed by atoms with E-state index in [-0.39, 0.29) is 17.9 Å². The molecule has 5 heteroatoms. The van der Waals surface area contributed by atoms with Crippen molar-refractivity contribution in [2.75, 3.05) is 13.7 Å². The Hall–Kier alpha value is -0.680. The van der Waals surface area contributed by atoms with E-state index in [1.54, 1.807) is 7.11 Å². The van der Waals surface area contributed by atoms with E-state index in [9.17, 15) is 4.79 Å². The fourth-order valence-electron chi connectivity index (χ4n) is 1.29. The number of carbonyl (C=O) groups is 1. The Labute approximate surface area is 96.5 Å². The van der Waals surface area contributed by atoms with Gasteiger partial charge in [-0.3, -0.25) is 4.79 Å². The highest BCUT2D eigenvalue weighted by Crippen LogP contribution is 2.02. The summed E-state index contributed by atoms with van der Waals surface area (Å²) in [5, 5.41) is 2.79. The van der Waals surface area contributed by atoms with Crippen LogP contribution in [0.2, 0.25) is 0 Å². The van der Waals surface area contributed by atoms with E-state index in [2.05, 4.69) is 5.32 Å². The van der Waals surface area contributed by atoms with Crippen molar-refractivity contribution in [2.24, 2.45) is 11.7 Å². The monoisotopic (exact) mass is 232 g/mol. The molecule has 2 atom stereocenters. The lowest BCUT2D eigenvalue weighted by Gasteiger charge is -2.17. The summed E-state index contributed by atoms with van der Waals surface area (Å²) in [5.74, 6) is 0.179. The number of rotatable bonds is 7. The van der Waals surface area contributed by atoms with Crippen LogP contribution in [-0.4, -0.2) is 30.7 Å². The molecule has 0 aromatic heterocycles. The first-order chi connectivity index (χ1) is 7.01. The molecule has 0 aliphatic heterocycles. The topological polar surface area (TPSA) is 64.3 Å². The van der Waals surface area contributed by atoms with E-state index >= 15 is 0 Å². The van der Waals surface area contributed by atoms with Gasteiger partial charge in [-0.1, -0.05) is 26.1 Å². The molecule has 0 saturated carbocycles. The van der Waals surface area contributed by atoms with Crippen LogP contribution in [0.15, 0.2) is 0 Å². The summed E-state index contributed by atoms with van der Waals surface area (Å²) in [6.45, 7) is 4.48. The fraction of sp³-hybridized carbons (Fsp3) is 0.800. The maximum Gasteiger partial charge on any atom is 0.220 e. The summed E-state index contributed by atoms with van der Waals surface area (Å²) in [5.41, 5.74) is 5.48. The Morgan fingerprint density at radius 2 is 2.20 bits per heavy atom. The predicted molar refractivity (Wildman–Crippen MR) is 64.7 cm³/mol. The maximum atomic E-state index is 11.5. The highest BCUT2D eigenvalue weighted by Gasteiger charge is 2.14. The van der Waals surface area contributed by atoms with Crippen molar-refractivity contribution in [3.05, 3.63) is 0 Å². The van der Waals surface area contributed by atoms with E-state index < -0.39 is 0 Å². The summed E-state index contributed by atoms with van der Waals surface area (Å²) in [4.78, 5) is 11.9. The Kier molecular flexibility index (Phi) is 7.25. The predicted octanol–water partition coefficient (Wildman–Crippen LogP) is 0.840. The average molecular weight is 232 g/mol. The van der Waals surface area contributed by atoms with Gasteiger partial charge in [-0.15, -0.1) is 0 Å². The smallest absolute Gasteiger partial charge is 0.220 e. The third-order valence-corrected chi connectivity index (χ3v) is 2.36. The van der Waals surface area contributed by atoms with Crippen LogP contribution in [0.1, 0.15) is 26.7 Å². The van der Waals surface area contributed by atoms with E-state index in [4.69, 9.17) is 22.7 Å². The molecule has 0 aromatic rings. The molecule has 0 spiro atoms. The van der Waals surface area contributed by atoms with Crippen molar-refractivity contribution in [3.63, 3.8) is 0 Å². The van der Waals surface area contributed by atoms with Crippen LogP contribution >= 0.6 is 12.2 Å². The van der Waals surface area contributed by atoms with Gasteiger partial charge < -0.3 is 15.8 Å². The lowest BCUT2D eigenvalue weighted by atomic mass is 10.1. The van der Waals surface area contributed by atoms with Crippen LogP contribution in [0.4, 0.5) is 0 Å². The Balaban J connectivity index is 3.96. The molecule has 4 nitrogen and oxygen atoms in total. The molecule has 0 aliphatic rings. The van der Waals surface area contributed by atoms with Crippen LogP contribution in [-0.2, 0) is 9.53 Å². The number of amides is 1. The molecule has 2 unspecified atom stereocenters. The van der Waals surface area contributed by atoms with Crippen molar-refractivity contribution in [1.29, 1.82) is 0 Å². The average Bonchev–Trinajstić information content (AvgIpc) is 2.13. The SMILES string of the molecule is CCC(NC(=O)CC(C)COC)C(N)=S. The lowest BCUT2D eigenvalue weighted by Crippen LogP contribution is -2.43. The second-order valence-electron chi connectivity index (χ2n) is 3.70. The molecule has 0 fully saturated rings. The summed E-state index contributed by atoms with van der Waals surface area (Å²) in [6, 6.07) is -0.192. The van der Waals surface area contributed by atoms with Crippen molar-refractivity contribution in [1.82, 2.24) is 5.32 Å². The minimum atomic E-state index is -0.192. The maximum absolute atomic E-state index is 11.5. The lowest BCUT2D eigenvalue weighted by molar-refractivity contribution is -0.122. The van der Waals surface area contributed by atoms with E-state index in [0.717, 1.165) is 6.42 Å². The molecule has 0 aliphatic carbocycles. The van der Waals surface area contributed by atoms with Gasteiger partial charge in [0.2, 0.25) is 5.91 Å². The second kappa shape index (κ2) is 7.59. The molecular weight excluding hydrogens is 212 g/mol. The largest absolute Gasteiger partial charge is 0.392 e. The van der Waals surface area contributed by atoms with E-state index in [1.165, 1.54) is 0 Å². The number of nitrogens with one attached hydrogen (secondary N) is 1. The summed E-state index contributed by atoms with van der Waals surface area (Å²) >= 11 is 4.84. The van der Waals surface area contributed by atoms with Gasteiger partial charge in [0.15, 0.2) is 0 Å². The Morgan fingerprint density at radius 1 is 1.60 bits per heavy atom. The molecule has 88 valence electrons. The summed E-state index contributed by atoms with van der Waals surface area (Å²) < 4.78 is 4.95. The molecule has 0 bridgehead atoms. The number of carbonyl (C=O) groups excluding carboxylic acids is 1. The molecule has 0 radical (unpaired) electrons. The van der Waals surface area contributed by atoms with Crippen molar-refractivity contribution in [3.8, 4) is 0 Å². The van der Waals surface area contributed by atoms with Gasteiger partial charge in [-0.05, 0) is 12.3 Å². The van der Waals surface area contributed by atoms with Crippen molar-refractivity contribution in [2.45, 2.75) is 32.7 Å². The standard InChI is InChI=1S/C10H20N2O2S/c1-4-8(10(11)15)12-9(13)5-7(2)6-14-3/h7-8H,4-6H2,1-3H3,(H2,11,15)(H,12,13). The van der Waals surface area contributed by atoms with Crippen LogP contribution < -0.4 is 11.1 Å². The highest BCUT2D eigenvalue weighted by atomic mass is 32.1. The zero-order valence-electron chi connectivity index (χ0n) is 9.58. The van der Waals surface area contributed by atoms with Gasteiger partial charge in [-0.2, -0.15) is 0 Å². The third-order valence-electron chi connectivity index (χ3n) is 2.07. The first-order valence-corrected chi connectivity index (χ1v) is 5.49. The molecule has 1 amide bonds. The van der Waals surface area contributed by atoms with Crippen LogP contribution in [0.25, 0.3) is 0 Å². The number of ether oxygens (including phenoxy) is 1. The number of hydrogen-bond acceptors (Lipinski definition) is 3. The quantitative estimate of drug-likeness (QED) is 0.638. The van der Waals surface area contributed by atoms with Crippen LogP contribution in [0.3, 0.4) is 0 Å². The van der Waals surface area contributed by atoms with Crippen molar-refractivity contribution >= 4 is 23.1 Å². The number of thiocarbonyl (C=S) groups is 1. The summed E-state index contributed by atoms with van der Waals surface area (Å²) in [7, 11) is 1.62. The number of hydrogen-bond donors (Lipinski definition) is 2. The minimum Gasteiger partial charge on any atom is -0.392 e. The van der Waals surface area contributed by atoms with Gasteiger partial charge in [0, 0.05) is 20.1 Å². The highest BCUT2D eigenvalue weighted by molar-refractivity contribution is 7.80. The van der Waals surface area contributed by atoms with Gasteiger partial charge >= 0.3 is 0 Å². The number of methoxy groups -OCH3 is 1. The first-order valence-electron chi connectivity index (χ1n) is 5.08. The van der Waals surface area contributed by atoms with Gasteiger partial charge in [0.25, 0.3) is 0 Å². The zero-order chi connectivity index (χ0) is 11.8. The minimum absolute atomic E-state index is 0.0285. The van der Waals surface area contributed by atoms with E-state index in [1.807, 2.05) is 13.8 Å². The van der Waals surface area contributed by atoms with Gasteiger partial charge in [-0.25, -0.2) is 0 Å². The van der Waals surface area contributed by atoms with Crippen LogP contribution in [0.5, 0.6) is 0 Å². The fourth-order valence-corrected chi connectivity index (χ4v) is 1.51. The van der Waals surface area contributed by atoms with E-state index in [0.29, 0.717) is 18.0 Å². The molecule has 0 rings (SSSR count). The Morgan fingerprint density at radius 3 is 2.60 bits per heavy atom. The zero-order valence-corrected chi connectivity index (χ0v) is 10.4. The first kappa shape index (κ1) is 14.3. The molecule has 3 N–H and O–H groups in total. The Bertz CT molecular complexity index is 221. The number of nitrogens with two attached hydrogens (primary N) is 1. The molecule has 15 heavy (non-hydrogen) atoms. The van der Waals surface area contributed by atoms with Gasteiger partial charge in [0.05, 0.1) is 11.0 Å². The molecule has 0 saturated heterocycles. The molecular formula is C10H20N2O2S. The van der Waals surface area contributed by atoms with Crippen LogP contribution in [0, 0.1) is 5.92 Å². The second-order valence-corrected chi connectivity index (χ2v) is 4.17. The van der Waals surface area contributed by atoms with Crippen molar-refractivity contribution < 1.29 is 9.53 Å². The molecule has 0 heterocycles. The summed E-state index contributed by atoms with van der Waals surface area (Å²) in [6.07, 6.45) is 1.16. The van der Waals surface area contributed by atoms with Gasteiger partial charge in [0.1, 0.15) is 0 Å². The third kappa shape index (κ3) is 6.41. The normalized spacial score (nSPS) is 14.3. The molecule has 0 aromatic carbocycles.